The van der Waals surface area contributed by atoms with Gasteiger partial charge in [-0.25, -0.2) is 4.79 Å². The van der Waals surface area contributed by atoms with Gasteiger partial charge >= 0.3 is 6.03 Å². The van der Waals surface area contributed by atoms with Gasteiger partial charge < -0.3 is 15.0 Å². The Morgan fingerprint density at radius 3 is 2.38 bits per heavy atom. The van der Waals surface area contributed by atoms with Crippen molar-refractivity contribution in [2.45, 2.75) is 19.4 Å². The minimum Gasteiger partial charge on any atom is -0.497 e. The predicted molar refractivity (Wildman–Crippen MR) is 97.7 cm³/mol. The molecule has 0 aromatic heterocycles. The highest BCUT2D eigenvalue weighted by Gasteiger charge is 2.16. The normalized spacial score (nSPS) is 11.7. The van der Waals surface area contributed by atoms with E-state index in [1.54, 1.807) is 19.1 Å². The Kier molecular flexibility index (Phi) is 6.50. The van der Waals surface area contributed by atoms with Crippen LogP contribution in [0.5, 0.6) is 5.75 Å². The van der Waals surface area contributed by atoms with Gasteiger partial charge in [0.15, 0.2) is 0 Å². The number of urea groups is 1. The fraction of sp³-hybridized carbons (Fsp3) is 0.316. The minimum atomic E-state index is -0.0917. The lowest BCUT2D eigenvalue weighted by molar-refractivity contribution is 0.194. The fourth-order valence-corrected chi connectivity index (χ4v) is 2.50. The van der Waals surface area contributed by atoms with Gasteiger partial charge in [0.2, 0.25) is 0 Å². The number of methoxy groups -OCH3 is 1. The van der Waals surface area contributed by atoms with Crippen molar-refractivity contribution in [1.82, 2.24) is 10.2 Å². The quantitative estimate of drug-likeness (QED) is 0.847. The second kappa shape index (κ2) is 8.60. The molecular weight excluding hydrogens is 324 g/mol. The zero-order valence-corrected chi connectivity index (χ0v) is 15.0. The molecule has 1 N–H and O–H groups in total. The van der Waals surface area contributed by atoms with Gasteiger partial charge in [-0.15, -0.1) is 0 Å². The number of nitrogens with one attached hydrogen (secondary N) is 1. The van der Waals surface area contributed by atoms with Crippen LogP contribution in [0.1, 0.15) is 24.1 Å². The first kappa shape index (κ1) is 18.1. The molecule has 0 fully saturated rings. The van der Waals surface area contributed by atoms with Gasteiger partial charge in [0.05, 0.1) is 13.2 Å². The van der Waals surface area contributed by atoms with Crippen molar-refractivity contribution in [3.05, 3.63) is 64.7 Å². The summed E-state index contributed by atoms with van der Waals surface area (Å²) in [7, 11) is 3.44. The van der Waals surface area contributed by atoms with Crippen molar-refractivity contribution < 1.29 is 9.53 Å². The molecule has 5 heteroatoms. The molecule has 0 heterocycles. The summed E-state index contributed by atoms with van der Waals surface area (Å²) < 4.78 is 5.13. The second-order valence-corrected chi connectivity index (χ2v) is 6.10. The number of benzene rings is 2. The van der Waals surface area contributed by atoms with Crippen molar-refractivity contribution in [1.29, 1.82) is 0 Å². The lowest BCUT2D eigenvalue weighted by atomic mass is 10.1. The summed E-state index contributed by atoms with van der Waals surface area (Å²) in [6.07, 6.45) is 0.777. The van der Waals surface area contributed by atoms with E-state index in [4.69, 9.17) is 16.3 Å². The Morgan fingerprint density at radius 1 is 1.17 bits per heavy atom. The van der Waals surface area contributed by atoms with Crippen LogP contribution in [0.2, 0.25) is 5.02 Å². The van der Waals surface area contributed by atoms with Gasteiger partial charge in [0.1, 0.15) is 5.75 Å². The Hall–Kier alpha value is -2.20. The zero-order valence-electron chi connectivity index (χ0n) is 14.3. The van der Waals surface area contributed by atoms with E-state index < -0.39 is 0 Å². The van der Waals surface area contributed by atoms with Crippen LogP contribution in [0.4, 0.5) is 4.79 Å². The highest BCUT2D eigenvalue weighted by molar-refractivity contribution is 6.30. The van der Waals surface area contributed by atoms with Crippen molar-refractivity contribution in [3.8, 4) is 5.75 Å². The largest absolute Gasteiger partial charge is 0.497 e. The van der Waals surface area contributed by atoms with Crippen LogP contribution < -0.4 is 10.1 Å². The van der Waals surface area contributed by atoms with Gasteiger partial charge in [-0.3, -0.25) is 0 Å². The van der Waals surface area contributed by atoms with Gasteiger partial charge in [0.25, 0.3) is 0 Å². The summed E-state index contributed by atoms with van der Waals surface area (Å²) in [5, 5.41) is 3.64. The average Bonchev–Trinajstić information content (AvgIpc) is 2.61. The molecule has 0 saturated heterocycles. The van der Waals surface area contributed by atoms with Crippen molar-refractivity contribution >= 4 is 17.6 Å². The monoisotopic (exact) mass is 346 g/mol. The van der Waals surface area contributed by atoms with Crippen LogP contribution in [0, 0.1) is 0 Å². The molecule has 2 aromatic rings. The van der Waals surface area contributed by atoms with E-state index in [9.17, 15) is 4.79 Å². The Morgan fingerprint density at radius 2 is 1.79 bits per heavy atom. The van der Waals surface area contributed by atoms with Gasteiger partial charge in [0, 0.05) is 18.6 Å². The lowest BCUT2D eigenvalue weighted by Gasteiger charge is -2.25. The van der Waals surface area contributed by atoms with Crippen LogP contribution in [0.15, 0.2) is 48.5 Å². The molecule has 0 saturated carbocycles. The summed E-state index contributed by atoms with van der Waals surface area (Å²) in [5.74, 6) is 0.833. The number of hydrogen-bond donors (Lipinski definition) is 1. The summed E-state index contributed by atoms with van der Waals surface area (Å²) in [6, 6.07) is 15.3. The second-order valence-electron chi connectivity index (χ2n) is 5.67. The first-order valence-electron chi connectivity index (χ1n) is 7.90. The van der Waals surface area contributed by atoms with Crippen molar-refractivity contribution in [2.24, 2.45) is 0 Å². The number of halogens is 1. The third-order valence-electron chi connectivity index (χ3n) is 4.10. The molecule has 2 aromatic carbocycles. The molecule has 0 aliphatic heterocycles. The number of carbonyl (C=O) groups excluding carboxylic acids is 1. The van der Waals surface area contributed by atoms with E-state index in [0.717, 1.165) is 23.3 Å². The predicted octanol–water partition coefficient (Wildman–Crippen LogP) is 4.29. The highest BCUT2D eigenvalue weighted by Crippen LogP contribution is 2.20. The SMILES string of the molecule is COc1ccc(CCNC(=O)N(C)[C@H](C)c2ccc(Cl)cc2)cc1. The maximum absolute atomic E-state index is 12.3. The molecule has 0 aliphatic rings. The smallest absolute Gasteiger partial charge is 0.317 e. The van der Waals surface area contributed by atoms with E-state index in [-0.39, 0.29) is 12.1 Å². The van der Waals surface area contributed by atoms with Crippen LogP contribution in [-0.2, 0) is 6.42 Å². The Labute approximate surface area is 148 Å². The van der Waals surface area contributed by atoms with Crippen LogP contribution in [0.3, 0.4) is 0 Å². The van der Waals surface area contributed by atoms with E-state index in [0.29, 0.717) is 11.6 Å². The minimum absolute atomic E-state index is 0.0248. The van der Waals surface area contributed by atoms with E-state index in [1.165, 1.54) is 0 Å². The molecule has 0 bridgehead atoms. The van der Waals surface area contributed by atoms with Crippen molar-refractivity contribution in [3.63, 3.8) is 0 Å². The molecular formula is C19H23ClN2O2. The Balaban J connectivity index is 1.83. The van der Waals surface area contributed by atoms with Crippen LogP contribution >= 0.6 is 11.6 Å². The standard InChI is InChI=1S/C19H23ClN2O2/c1-14(16-6-8-17(20)9-7-16)22(2)19(23)21-13-12-15-4-10-18(24-3)11-5-15/h4-11,14H,12-13H2,1-3H3,(H,21,23)/t14-/m1/s1. The maximum atomic E-state index is 12.3. The van der Waals surface area contributed by atoms with E-state index >= 15 is 0 Å². The van der Waals surface area contributed by atoms with E-state index in [1.807, 2.05) is 55.5 Å². The van der Waals surface area contributed by atoms with Gasteiger partial charge in [-0.2, -0.15) is 0 Å². The highest BCUT2D eigenvalue weighted by atomic mass is 35.5. The molecule has 0 spiro atoms. The number of amides is 2. The number of hydrogen-bond acceptors (Lipinski definition) is 2. The first-order chi connectivity index (χ1) is 11.5. The third kappa shape index (κ3) is 4.90. The first-order valence-corrected chi connectivity index (χ1v) is 8.28. The van der Waals surface area contributed by atoms with Crippen LogP contribution in [-0.4, -0.2) is 31.6 Å². The topological polar surface area (TPSA) is 41.6 Å². The molecule has 128 valence electrons. The molecule has 4 nitrogen and oxygen atoms in total. The number of carbonyl (C=O) groups is 1. The summed E-state index contributed by atoms with van der Waals surface area (Å²) in [5.41, 5.74) is 2.21. The number of rotatable bonds is 6. The third-order valence-corrected chi connectivity index (χ3v) is 4.35. The Bertz CT molecular complexity index is 656. The lowest BCUT2D eigenvalue weighted by Crippen LogP contribution is -2.39. The molecule has 2 rings (SSSR count). The molecule has 2 amide bonds. The molecule has 0 aliphatic carbocycles. The maximum Gasteiger partial charge on any atom is 0.317 e. The fourth-order valence-electron chi connectivity index (χ4n) is 2.37. The summed E-state index contributed by atoms with van der Waals surface area (Å²) in [4.78, 5) is 14.0. The summed E-state index contributed by atoms with van der Waals surface area (Å²) in [6.45, 7) is 2.58. The van der Waals surface area contributed by atoms with Crippen LogP contribution in [0.25, 0.3) is 0 Å². The molecule has 24 heavy (non-hydrogen) atoms. The zero-order chi connectivity index (χ0) is 17.5. The summed E-state index contributed by atoms with van der Waals surface area (Å²) >= 11 is 5.90. The van der Waals surface area contributed by atoms with E-state index in [2.05, 4.69) is 5.32 Å². The van der Waals surface area contributed by atoms with Gasteiger partial charge in [-0.1, -0.05) is 35.9 Å². The molecule has 1 atom stereocenters. The average molecular weight is 347 g/mol. The van der Waals surface area contributed by atoms with Crippen molar-refractivity contribution in [2.75, 3.05) is 20.7 Å². The number of nitrogens with zero attached hydrogens (tertiary/aromatic N) is 1. The number of ether oxygens (including phenoxy) is 1. The molecule has 0 radical (unpaired) electrons. The van der Waals surface area contributed by atoms with Gasteiger partial charge in [-0.05, 0) is 48.7 Å². The molecule has 0 unspecified atom stereocenters.